The van der Waals surface area contributed by atoms with Gasteiger partial charge >= 0.3 is 0 Å². The molecule has 1 saturated carbocycles. The molecule has 0 saturated heterocycles. The lowest BCUT2D eigenvalue weighted by molar-refractivity contribution is 0.242. The molecule has 3 nitrogen and oxygen atoms in total. The molecule has 0 amide bonds. The minimum absolute atomic E-state index is 0.717. The van der Waals surface area contributed by atoms with E-state index in [1.807, 2.05) is 25.1 Å². The van der Waals surface area contributed by atoms with Gasteiger partial charge in [-0.05, 0) is 49.6 Å². The number of aromatic nitrogens is 1. The van der Waals surface area contributed by atoms with Crippen molar-refractivity contribution in [3.63, 3.8) is 0 Å². The van der Waals surface area contributed by atoms with Gasteiger partial charge in [-0.3, -0.25) is 9.88 Å². The van der Waals surface area contributed by atoms with Crippen molar-refractivity contribution in [1.29, 1.82) is 0 Å². The summed E-state index contributed by atoms with van der Waals surface area (Å²) in [6, 6.07) is 15.2. The summed E-state index contributed by atoms with van der Waals surface area (Å²) in [7, 11) is 0. The zero-order chi connectivity index (χ0) is 13.9. The topological polar surface area (TPSA) is 42.1 Å². The second-order valence-corrected chi connectivity index (χ2v) is 5.65. The maximum absolute atomic E-state index is 5.75. The van der Waals surface area contributed by atoms with Crippen LogP contribution in [0.4, 0.5) is 5.69 Å². The Labute approximate surface area is 120 Å². The molecule has 1 aliphatic carbocycles. The van der Waals surface area contributed by atoms with E-state index in [0.717, 1.165) is 36.2 Å². The van der Waals surface area contributed by atoms with Gasteiger partial charge in [-0.2, -0.15) is 0 Å². The van der Waals surface area contributed by atoms with Crippen LogP contribution in [0.1, 0.15) is 29.8 Å². The minimum atomic E-state index is 0.717. The molecule has 3 heteroatoms. The van der Waals surface area contributed by atoms with Gasteiger partial charge < -0.3 is 5.73 Å². The van der Waals surface area contributed by atoms with Crippen molar-refractivity contribution in [3.05, 3.63) is 59.4 Å². The van der Waals surface area contributed by atoms with E-state index in [2.05, 4.69) is 34.1 Å². The van der Waals surface area contributed by atoms with E-state index in [0.29, 0.717) is 0 Å². The molecule has 0 radical (unpaired) electrons. The summed E-state index contributed by atoms with van der Waals surface area (Å²) in [5.41, 5.74) is 10.1. The molecule has 1 heterocycles. The van der Waals surface area contributed by atoms with Crippen LogP contribution in [0.3, 0.4) is 0 Å². The predicted molar refractivity (Wildman–Crippen MR) is 82.1 cm³/mol. The molecule has 2 aromatic rings. The Morgan fingerprint density at radius 2 is 1.85 bits per heavy atom. The van der Waals surface area contributed by atoms with Crippen LogP contribution in [0.2, 0.25) is 0 Å². The van der Waals surface area contributed by atoms with Crippen molar-refractivity contribution in [2.45, 2.75) is 38.9 Å². The van der Waals surface area contributed by atoms with Crippen LogP contribution in [0.15, 0.2) is 42.5 Å². The van der Waals surface area contributed by atoms with E-state index in [-0.39, 0.29) is 0 Å². The third-order valence-corrected chi connectivity index (χ3v) is 3.74. The molecular weight excluding hydrogens is 246 g/mol. The molecule has 0 spiro atoms. The number of benzene rings is 1. The lowest BCUT2D eigenvalue weighted by Crippen LogP contribution is -2.25. The first-order valence-electron chi connectivity index (χ1n) is 7.22. The summed E-state index contributed by atoms with van der Waals surface area (Å²) in [6.07, 6.45) is 2.61. The first-order chi connectivity index (χ1) is 9.70. The van der Waals surface area contributed by atoms with Crippen LogP contribution >= 0.6 is 0 Å². The highest BCUT2D eigenvalue weighted by molar-refractivity contribution is 5.39. The quantitative estimate of drug-likeness (QED) is 0.846. The maximum atomic E-state index is 5.75. The molecule has 20 heavy (non-hydrogen) atoms. The van der Waals surface area contributed by atoms with Crippen LogP contribution < -0.4 is 5.73 Å². The summed E-state index contributed by atoms with van der Waals surface area (Å²) in [5.74, 6) is 0. The van der Waals surface area contributed by atoms with Crippen LogP contribution in [0, 0.1) is 6.92 Å². The summed E-state index contributed by atoms with van der Waals surface area (Å²) in [4.78, 5) is 7.14. The van der Waals surface area contributed by atoms with Gasteiger partial charge in [0, 0.05) is 30.5 Å². The summed E-state index contributed by atoms with van der Waals surface area (Å²) in [6.45, 7) is 3.95. The number of hydrogen-bond acceptors (Lipinski definition) is 3. The van der Waals surface area contributed by atoms with Gasteiger partial charge in [0.15, 0.2) is 0 Å². The molecule has 1 fully saturated rings. The largest absolute Gasteiger partial charge is 0.399 e. The summed E-state index contributed by atoms with van der Waals surface area (Å²) < 4.78 is 0. The zero-order valence-corrected chi connectivity index (χ0v) is 11.9. The summed E-state index contributed by atoms with van der Waals surface area (Å²) in [5, 5.41) is 0. The fraction of sp³-hybridized carbons (Fsp3) is 0.353. The Morgan fingerprint density at radius 3 is 2.50 bits per heavy atom. The van der Waals surface area contributed by atoms with Gasteiger partial charge in [0.2, 0.25) is 0 Å². The SMILES string of the molecule is Cc1cccc(CN(Cc2ccc(N)cc2)C2CC2)n1. The van der Waals surface area contributed by atoms with E-state index in [1.54, 1.807) is 0 Å². The number of pyridine rings is 1. The second kappa shape index (κ2) is 5.63. The fourth-order valence-corrected chi connectivity index (χ4v) is 2.51. The number of hydrogen-bond donors (Lipinski definition) is 1. The summed E-state index contributed by atoms with van der Waals surface area (Å²) >= 11 is 0. The Hall–Kier alpha value is -1.87. The molecule has 2 N–H and O–H groups in total. The number of anilines is 1. The van der Waals surface area contributed by atoms with Crippen molar-refractivity contribution in [2.24, 2.45) is 0 Å². The normalized spacial score (nSPS) is 14.7. The number of nitrogens with zero attached hydrogens (tertiary/aromatic N) is 2. The van der Waals surface area contributed by atoms with Crippen LogP contribution in [0.5, 0.6) is 0 Å². The highest BCUT2D eigenvalue weighted by Gasteiger charge is 2.29. The average Bonchev–Trinajstić information content (AvgIpc) is 3.25. The molecule has 104 valence electrons. The first-order valence-corrected chi connectivity index (χ1v) is 7.22. The Morgan fingerprint density at radius 1 is 1.10 bits per heavy atom. The lowest BCUT2D eigenvalue weighted by atomic mass is 10.2. The molecule has 1 aromatic heterocycles. The number of rotatable bonds is 5. The highest BCUT2D eigenvalue weighted by Crippen LogP contribution is 2.29. The minimum Gasteiger partial charge on any atom is -0.399 e. The Bertz CT molecular complexity index is 573. The molecular formula is C17H21N3. The smallest absolute Gasteiger partial charge is 0.0547 e. The number of nitrogens with two attached hydrogens (primary N) is 1. The van der Waals surface area contributed by atoms with Gasteiger partial charge in [0.1, 0.15) is 0 Å². The molecule has 0 aliphatic heterocycles. The average molecular weight is 267 g/mol. The highest BCUT2D eigenvalue weighted by atomic mass is 15.2. The van der Waals surface area contributed by atoms with Gasteiger partial charge in [-0.15, -0.1) is 0 Å². The lowest BCUT2D eigenvalue weighted by Gasteiger charge is -2.22. The first kappa shape index (κ1) is 13.1. The van der Waals surface area contributed by atoms with Crippen molar-refractivity contribution < 1.29 is 0 Å². The van der Waals surface area contributed by atoms with Gasteiger partial charge in [-0.25, -0.2) is 0 Å². The fourth-order valence-electron chi connectivity index (χ4n) is 2.51. The van der Waals surface area contributed by atoms with Gasteiger partial charge in [-0.1, -0.05) is 18.2 Å². The van der Waals surface area contributed by atoms with Crippen molar-refractivity contribution in [1.82, 2.24) is 9.88 Å². The zero-order valence-electron chi connectivity index (χ0n) is 11.9. The van der Waals surface area contributed by atoms with E-state index in [4.69, 9.17) is 5.73 Å². The Kier molecular flexibility index (Phi) is 3.70. The molecule has 0 atom stereocenters. The van der Waals surface area contributed by atoms with E-state index >= 15 is 0 Å². The molecule has 0 bridgehead atoms. The second-order valence-electron chi connectivity index (χ2n) is 5.65. The third-order valence-electron chi connectivity index (χ3n) is 3.74. The predicted octanol–water partition coefficient (Wildman–Crippen LogP) is 3.14. The van der Waals surface area contributed by atoms with E-state index in [9.17, 15) is 0 Å². The number of nitrogen functional groups attached to an aromatic ring is 1. The maximum Gasteiger partial charge on any atom is 0.0547 e. The monoisotopic (exact) mass is 267 g/mol. The van der Waals surface area contributed by atoms with Crippen LogP contribution in [-0.4, -0.2) is 15.9 Å². The molecule has 3 rings (SSSR count). The number of aryl methyl sites for hydroxylation is 1. The molecule has 0 unspecified atom stereocenters. The van der Waals surface area contributed by atoms with Crippen molar-refractivity contribution in [2.75, 3.05) is 5.73 Å². The van der Waals surface area contributed by atoms with Gasteiger partial charge in [0.25, 0.3) is 0 Å². The standard InChI is InChI=1S/C17H21N3/c1-13-3-2-4-16(19-13)12-20(17-9-10-17)11-14-5-7-15(18)8-6-14/h2-8,17H,9-12,18H2,1H3. The van der Waals surface area contributed by atoms with E-state index < -0.39 is 0 Å². The third kappa shape index (κ3) is 3.36. The molecule has 1 aliphatic rings. The van der Waals surface area contributed by atoms with E-state index in [1.165, 1.54) is 18.4 Å². The molecule has 1 aromatic carbocycles. The Balaban J connectivity index is 1.71. The van der Waals surface area contributed by atoms with Crippen molar-refractivity contribution >= 4 is 5.69 Å². The van der Waals surface area contributed by atoms with Crippen molar-refractivity contribution in [3.8, 4) is 0 Å². The van der Waals surface area contributed by atoms with Crippen LogP contribution in [-0.2, 0) is 13.1 Å². The van der Waals surface area contributed by atoms with Crippen LogP contribution in [0.25, 0.3) is 0 Å². The van der Waals surface area contributed by atoms with Gasteiger partial charge in [0.05, 0.1) is 5.69 Å².